The third-order valence-electron chi connectivity index (χ3n) is 6.26. The molecule has 0 unspecified atom stereocenters. The molecule has 6 atom stereocenters. The summed E-state index contributed by atoms with van der Waals surface area (Å²) in [4.78, 5) is 27.5. The highest BCUT2D eigenvalue weighted by atomic mass is 16.2. The Labute approximate surface area is 130 Å². The number of benzene rings is 1. The molecule has 4 aliphatic carbocycles. The fourth-order valence-electron chi connectivity index (χ4n) is 5.25. The number of rotatable bonds is 1. The van der Waals surface area contributed by atoms with Crippen molar-refractivity contribution in [1.29, 1.82) is 0 Å². The summed E-state index contributed by atoms with van der Waals surface area (Å²) in [6.45, 7) is 4.01. The third kappa shape index (κ3) is 1.37. The molecule has 0 aromatic heterocycles. The lowest BCUT2D eigenvalue weighted by Crippen LogP contribution is -2.40. The van der Waals surface area contributed by atoms with Gasteiger partial charge in [0.05, 0.1) is 17.5 Å². The van der Waals surface area contributed by atoms with E-state index in [1.165, 1.54) is 11.3 Å². The van der Waals surface area contributed by atoms with E-state index in [2.05, 4.69) is 12.2 Å². The van der Waals surface area contributed by atoms with E-state index in [9.17, 15) is 9.59 Å². The van der Waals surface area contributed by atoms with Crippen LogP contribution in [-0.4, -0.2) is 11.8 Å². The Hall–Kier alpha value is -1.90. The summed E-state index contributed by atoms with van der Waals surface area (Å²) in [7, 11) is 0. The van der Waals surface area contributed by atoms with Crippen LogP contribution in [0, 0.1) is 49.4 Å². The Kier molecular flexibility index (Phi) is 2.23. The lowest BCUT2D eigenvalue weighted by atomic mass is 9.63. The van der Waals surface area contributed by atoms with E-state index in [1.54, 1.807) is 0 Å². The Morgan fingerprint density at radius 3 is 2.09 bits per heavy atom. The van der Waals surface area contributed by atoms with Gasteiger partial charge in [0.15, 0.2) is 0 Å². The molecular weight excluding hydrogens is 274 g/mol. The SMILES string of the molecule is Cc1ccc(N2C(=O)[C@H]3[C@@H]4C=C[C@H]([C@@H]5C[C@H]45)[C@@H]3C2=O)c(C)c1. The van der Waals surface area contributed by atoms with Gasteiger partial charge in [-0.15, -0.1) is 0 Å². The minimum Gasteiger partial charge on any atom is -0.274 e. The Morgan fingerprint density at radius 1 is 0.955 bits per heavy atom. The zero-order chi connectivity index (χ0) is 15.2. The number of carbonyl (C=O) groups is 2. The molecule has 3 heteroatoms. The maximum atomic E-state index is 13.0. The van der Waals surface area contributed by atoms with E-state index in [1.807, 2.05) is 32.0 Å². The van der Waals surface area contributed by atoms with E-state index in [0.717, 1.165) is 16.8 Å². The molecule has 2 saturated carbocycles. The van der Waals surface area contributed by atoms with Crippen molar-refractivity contribution in [2.45, 2.75) is 20.3 Å². The number of hydrogen-bond donors (Lipinski definition) is 0. The summed E-state index contributed by atoms with van der Waals surface area (Å²) in [6.07, 6.45) is 5.65. The minimum atomic E-state index is -0.105. The van der Waals surface area contributed by atoms with Crippen LogP contribution in [0.1, 0.15) is 17.5 Å². The van der Waals surface area contributed by atoms with Crippen molar-refractivity contribution in [2.24, 2.45) is 35.5 Å². The number of allylic oxidation sites excluding steroid dienone is 2. The Morgan fingerprint density at radius 2 is 1.55 bits per heavy atom. The van der Waals surface area contributed by atoms with Gasteiger partial charge in [-0.2, -0.15) is 0 Å². The quantitative estimate of drug-likeness (QED) is 0.590. The summed E-state index contributed by atoms with van der Waals surface area (Å²) in [6, 6.07) is 5.95. The van der Waals surface area contributed by atoms with Gasteiger partial charge in [-0.3, -0.25) is 9.59 Å². The lowest BCUT2D eigenvalue weighted by molar-refractivity contribution is -0.124. The van der Waals surface area contributed by atoms with Gasteiger partial charge in [0.25, 0.3) is 0 Å². The molecule has 1 saturated heterocycles. The summed E-state index contributed by atoms with van der Waals surface area (Å²) >= 11 is 0. The monoisotopic (exact) mass is 293 g/mol. The first kappa shape index (κ1) is 12.6. The largest absolute Gasteiger partial charge is 0.274 e. The van der Waals surface area contributed by atoms with Gasteiger partial charge in [0.1, 0.15) is 0 Å². The second-order valence-corrected chi connectivity index (χ2v) is 7.46. The average Bonchev–Trinajstić information content (AvgIpc) is 3.26. The van der Waals surface area contributed by atoms with E-state index in [-0.39, 0.29) is 23.7 Å². The number of imide groups is 1. The zero-order valence-electron chi connectivity index (χ0n) is 12.8. The maximum Gasteiger partial charge on any atom is 0.238 e. The van der Waals surface area contributed by atoms with Crippen LogP contribution in [-0.2, 0) is 9.59 Å². The Bertz CT molecular complexity index is 714. The fraction of sp³-hybridized carbons (Fsp3) is 0.474. The number of carbonyl (C=O) groups excluding carboxylic acids is 2. The second kappa shape index (κ2) is 3.89. The summed E-state index contributed by atoms with van der Waals surface area (Å²) in [5.41, 5.74) is 2.94. The van der Waals surface area contributed by atoms with Crippen LogP contribution in [0.4, 0.5) is 5.69 Å². The molecule has 1 aromatic rings. The molecule has 1 heterocycles. The van der Waals surface area contributed by atoms with Gasteiger partial charge >= 0.3 is 0 Å². The predicted octanol–water partition coefficient (Wildman–Crippen LogP) is 2.86. The van der Waals surface area contributed by atoms with E-state index in [0.29, 0.717) is 23.7 Å². The van der Waals surface area contributed by atoms with Crippen molar-refractivity contribution in [3.05, 3.63) is 41.5 Å². The number of nitrogens with zero attached hydrogens (tertiary/aromatic N) is 1. The number of hydrogen-bond acceptors (Lipinski definition) is 2. The summed E-state index contributed by atoms with van der Waals surface area (Å²) in [5, 5.41) is 0. The lowest BCUT2D eigenvalue weighted by Gasteiger charge is -2.37. The molecule has 3 fully saturated rings. The Balaban J connectivity index is 1.60. The first-order valence-corrected chi connectivity index (χ1v) is 8.21. The van der Waals surface area contributed by atoms with E-state index >= 15 is 0 Å². The molecule has 5 aliphatic rings. The van der Waals surface area contributed by atoms with Crippen LogP contribution >= 0.6 is 0 Å². The molecule has 2 bridgehead atoms. The van der Waals surface area contributed by atoms with Crippen LogP contribution in [0.25, 0.3) is 0 Å². The van der Waals surface area contributed by atoms with Crippen molar-refractivity contribution in [3.8, 4) is 0 Å². The van der Waals surface area contributed by atoms with E-state index < -0.39 is 0 Å². The highest BCUT2D eigenvalue weighted by Gasteiger charge is 2.67. The van der Waals surface area contributed by atoms with Gasteiger partial charge in [-0.05, 0) is 55.6 Å². The molecular formula is C19H19NO2. The normalized spacial score (nSPS) is 40.9. The van der Waals surface area contributed by atoms with E-state index in [4.69, 9.17) is 0 Å². The van der Waals surface area contributed by atoms with Gasteiger partial charge in [-0.25, -0.2) is 4.90 Å². The molecule has 0 spiro atoms. The number of amides is 2. The predicted molar refractivity (Wildman–Crippen MR) is 83.1 cm³/mol. The van der Waals surface area contributed by atoms with Gasteiger partial charge in [-0.1, -0.05) is 29.8 Å². The van der Waals surface area contributed by atoms with Crippen LogP contribution in [0.5, 0.6) is 0 Å². The standard InChI is InChI=1S/C19H19NO2/c1-9-3-6-15(10(2)7-9)20-18(21)16-11-4-5-12(14-8-13(11)14)17(16)19(20)22/h3-7,11-14,16-17H,8H2,1-2H3/t11-,12-,13-,14+,16+,17+/m1/s1. The van der Waals surface area contributed by atoms with Crippen molar-refractivity contribution in [3.63, 3.8) is 0 Å². The van der Waals surface area contributed by atoms with Crippen molar-refractivity contribution in [2.75, 3.05) is 4.90 Å². The molecule has 112 valence electrons. The minimum absolute atomic E-state index is 0.0339. The van der Waals surface area contributed by atoms with Crippen molar-refractivity contribution in [1.82, 2.24) is 0 Å². The fourth-order valence-corrected chi connectivity index (χ4v) is 5.25. The van der Waals surface area contributed by atoms with Crippen LogP contribution in [0.15, 0.2) is 30.4 Å². The first-order chi connectivity index (χ1) is 10.6. The smallest absolute Gasteiger partial charge is 0.238 e. The van der Waals surface area contributed by atoms with Gasteiger partial charge < -0.3 is 0 Å². The molecule has 2 amide bonds. The molecule has 0 radical (unpaired) electrons. The molecule has 1 aromatic carbocycles. The molecule has 3 nitrogen and oxygen atoms in total. The maximum absolute atomic E-state index is 13.0. The average molecular weight is 293 g/mol. The van der Waals surface area contributed by atoms with Crippen molar-refractivity contribution >= 4 is 17.5 Å². The summed E-state index contributed by atoms with van der Waals surface area (Å²) < 4.78 is 0. The van der Waals surface area contributed by atoms with Crippen LogP contribution < -0.4 is 4.90 Å². The first-order valence-electron chi connectivity index (χ1n) is 8.21. The van der Waals surface area contributed by atoms with Crippen molar-refractivity contribution < 1.29 is 9.59 Å². The molecule has 22 heavy (non-hydrogen) atoms. The molecule has 1 aliphatic heterocycles. The highest BCUT2D eigenvalue weighted by Crippen LogP contribution is 2.65. The topological polar surface area (TPSA) is 37.4 Å². The van der Waals surface area contributed by atoms with Crippen LogP contribution in [0.2, 0.25) is 0 Å². The second-order valence-electron chi connectivity index (χ2n) is 7.46. The van der Waals surface area contributed by atoms with Gasteiger partial charge in [0.2, 0.25) is 11.8 Å². The molecule has 6 rings (SSSR count). The number of aryl methyl sites for hydroxylation is 2. The highest BCUT2D eigenvalue weighted by molar-refractivity contribution is 6.23. The molecule has 0 N–H and O–H groups in total. The van der Waals surface area contributed by atoms with Gasteiger partial charge in [0, 0.05) is 0 Å². The van der Waals surface area contributed by atoms with Crippen LogP contribution in [0.3, 0.4) is 0 Å². The zero-order valence-corrected chi connectivity index (χ0v) is 12.8. The third-order valence-corrected chi connectivity index (χ3v) is 6.26. The summed E-state index contributed by atoms with van der Waals surface area (Å²) in [5.74, 6) is 1.77. The number of anilines is 1.